The summed E-state index contributed by atoms with van der Waals surface area (Å²) < 4.78 is 26.5. The van der Waals surface area contributed by atoms with Gasteiger partial charge >= 0.3 is 0 Å². The third-order valence-electron chi connectivity index (χ3n) is 3.45. The van der Waals surface area contributed by atoms with Crippen LogP contribution in [0, 0.1) is 0 Å². The van der Waals surface area contributed by atoms with Crippen molar-refractivity contribution in [2.75, 3.05) is 0 Å². The van der Waals surface area contributed by atoms with E-state index in [4.69, 9.17) is 0 Å². The lowest BCUT2D eigenvalue weighted by Gasteiger charge is -2.15. The van der Waals surface area contributed by atoms with E-state index < -0.39 is 10.0 Å². The summed E-state index contributed by atoms with van der Waals surface area (Å²) in [5, 5.41) is 0. The molecule has 0 spiro atoms. The molecular weight excluding hydrogens is 290 g/mol. The molecule has 2 aromatic rings. The van der Waals surface area contributed by atoms with E-state index in [-0.39, 0.29) is 23.8 Å². The zero-order valence-corrected chi connectivity index (χ0v) is 12.2. The minimum atomic E-state index is -3.59. The zero-order chi connectivity index (χ0) is 15.0. The van der Waals surface area contributed by atoms with Crippen molar-refractivity contribution in [1.29, 1.82) is 0 Å². The molecule has 6 nitrogen and oxygen atoms in total. The standard InChI is InChI=1S/C14H13N3O3S/c1-10(18)11-2-4-13(5-3-11)21(19,20)17-7-12-6-15-9-16-14(12)8-17/h2-6,9H,7-8H2,1H3. The van der Waals surface area contributed by atoms with Crippen LogP contribution in [0.15, 0.2) is 41.7 Å². The topological polar surface area (TPSA) is 80.2 Å². The molecule has 7 heteroatoms. The van der Waals surface area contributed by atoms with Crippen molar-refractivity contribution in [3.8, 4) is 0 Å². The molecule has 0 radical (unpaired) electrons. The monoisotopic (exact) mass is 303 g/mol. The Labute approximate surface area is 122 Å². The fourth-order valence-electron chi connectivity index (χ4n) is 2.25. The van der Waals surface area contributed by atoms with Crippen LogP contribution in [0.1, 0.15) is 28.5 Å². The minimum Gasteiger partial charge on any atom is -0.295 e. The molecule has 1 aromatic carbocycles. The number of Topliss-reactive ketones (excluding diaryl/α,β-unsaturated/α-hetero) is 1. The van der Waals surface area contributed by atoms with Crippen LogP contribution in [-0.2, 0) is 23.1 Å². The highest BCUT2D eigenvalue weighted by atomic mass is 32.2. The van der Waals surface area contributed by atoms with E-state index in [1.807, 2.05) is 0 Å². The Morgan fingerprint density at radius 3 is 2.52 bits per heavy atom. The quantitative estimate of drug-likeness (QED) is 0.800. The SMILES string of the molecule is CC(=O)c1ccc(S(=O)(=O)N2Cc3cncnc3C2)cc1. The Hall–Kier alpha value is -2.12. The molecule has 0 saturated heterocycles. The lowest BCUT2D eigenvalue weighted by atomic mass is 10.2. The molecule has 1 aliphatic heterocycles. The van der Waals surface area contributed by atoms with Crippen LogP contribution in [0.5, 0.6) is 0 Å². The molecule has 1 aliphatic rings. The highest BCUT2D eigenvalue weighted by molar-refractivity contribution is 7.89. The smallest absolute Gasteiger partial charge is 0.243 e. The first kappa shape index (κ1) is 13.8. The maximum Gasteiger partial charge on any atom is 0.243 e. The third-order valence-corrected chi connectivity index (χ3v) is 5.26. The van der Waals surface area contributed by atoms with Gasteiger partial charge in [-0.15, -0.1) is 0 Å². The average Bonchev–Trinajstić information content (AvgIpc) is 2.92. The molecule has 3 rings (SSSR count). The number of hydrogen-bond donors (Lipinski definition) is 0. The molecule has 1 aromatic heterocycles. The first-order valence-corrected chi connectivity index (χ1v) is 7.81. The molecule has 21 heavy (non-hydrogen) atoms. The fourth-order valence-corrected chi connectivity index (χ4v) is 3.63. The van der Waals surface area contributed by atoms with Gasteiger partial charge in [0, 0.05) is 23.9 Å². The van der Waals surface area contributed by atoms with E-state index in [2.05, 4.69) is 9.97 Å². The number of carbonyl (C=O) groups is 1. The van der Waals surface area contributed by atoms with Gasteiger partial charge < -0.3 is 0 Å². The van der Waals surface area contributed by atoms with Crippen molar-refractivity contribution in [3.05, 3.63) is 53.6 Å². The van der Waals surface area contributed by atoms with E-state index in [0.717, 1.165) is 11.3 Å². The first-order valence-electron chi connectivity index (χ1n) is 6.37. The normalized spacial score (nSPS) is 14.9. The van der Waals surface area contributed by atoms with Crippen molar-refractivity contribution >= 4 is 15.8 Å². The van der Waals surface area contributed by atoms with E-state index in [0.29, 0.717) is 5.56 Å². The maximum atomic E-state index is 12.6. The van der Waals surface area contributed by atoms with Crippen molar-refractivity contribution in [2.45, 2.75) is 24.9 Å². The molecule has 0 bridgehead atoms. The summed E-state index contributed by atoms with van der Waals surface area (Å²) in [6.45, 7) is 1.96. The van der Waals surface area contributed by atoms with Gasteiger partial charge in [-0.1, -0.05) is 12.1 Å². The van der Waals surface area contributed by atoms with Crippen LogP contribution in [0.4, 0.5) is 0 Å². The maximum absolute atomic E-state index is 12.6. The Bertz CT molecular complexity index is 775. The highest BCUT2D eigenvalue weighted by Gasteiger charge is 2.31. The number of carbonyl (C=O) groups excluding carboxylic acids is 1. The van der Waals surface area contributed by atoms with Crippen LogP contribution < -0.4 is 0 Å². The second-order valence-corrected chi connectivity index (χ2v) is 6.79. The summed E-state index contributed by atoms with van der Waals surface area (Å²) in [4.78, 5) is 19.4. The second kappa shape index (κ2) is 5.01. The summed E-state index contributed by atoms with van der Waals surface area (Å²) in [5.41, 5.74) is 2.04. The Morgan fingerprint density at radius 1 is 1.19 bits per heavy atom. The predicted octanol–water partition coefficient (Wildman–Crippen LogP) is 1.38. The van der Waals surface area contributed by atoms with Gasteiger partial charge in [-0.3, -0.25) is 4.79 Å². The molecule has 0 atom stereocenters. The van der Waals surface area contributed by atoms with Gasteiger partial charge in [0.2, 0.25) is 10.0 Å². The molecule has 0 fully saturated rings. The second-order valence-electron chi connectivity index (χ2n) is 4.85. The van der Waals surface area contributed by atoms with E-state index in [9.17, 15) is 13.2 Å². The van der Waals surface area contributed by atoms with Crippen LogP contribution in [0.2, 0.25) is 0 Å². The van der Waals surface area contributed by atoms with Crippen molar-refractivity contribution in [1.82, 2.24) is 14.3 Å². The Morgan fingerprint density at radius 2 is 1.90 bits per heavy atom. The minimum absolute atomic E-state index is 0.0946. The van der Waals surface area contributed by atoms with Gasteiger partial charge in [0.05, 0.1) is 17.1 Å². The van der Waals surface area contributed by atoms with E-state index in [1.54, 1.807) is 6.20 Å². The fraction of sp³-hybridized carbons (Fsp3) is 0.214. The molecule has 0 amide bonds. The molecule has 108 valence electrons. The number of nitrogens with zero attached hydrogens (tertiary/aromatic N) is 3. The summed E-state index contributed by atoms with van der Waals surface area (Å²) >= 11 is 0. The predicted molar refractivity (Wildman–Crippen MR) is 74.9 cm³/mol. The van der Waals surface area contributed by atoms with Crippen LogP contribution in [-0.4, -0.2) is 28.5 Å². The average molecular weight is 303 g/mol. The van der Waals surface area contributed by atoms with Gasteiger partial charge in [-0.2, -0.15) is 4.31 Å². The summed E-state index contributed by atoms with van der Waals surface area (Å²) in [7, 11) is -3.59. The van der Waals surface area contributed by atoms with Gasteiger partial charge in [-0.05, 0) is 19.1 Å². The van der Waals surface area contributed by atoms with Crippen LogP contribution >= 0.6 is 0 Å². The molecule has 0 aliphatic carbocycles. The molecule has 0 N–H and O–H groups in total. The summed E-state index contributed by atoms with van der Waals surface area (Å²) in [5.74, 6) is -0.0946. The molecular formula is C14H13N3O3S. The van der Waals surface area contributed by atoms with Crippen LogP contribution in [0.25, 0.3) is 0 Å². The summed E-state index contributed by atoms with van der Waals surface area (Å²) in [6.07, 6.45) is 3.05. The van der Waals surface area contributed by atoms with E-state index in [1.165, 1.54) is 41.8 Å². The largest absolute Gasteiger partial charge is 0.295 e. The van der Waals surface area contributed by atoms with Gasteiger partial charge in [0.15, 0.2) is 5.78 Å². The van der Waals surface area contributed by atoms with Crippen molar-refractivity contribution < 1.29 is 13.2 Å². The number of sulfonamides is 1. The van der Waals surface area contributed by atoms with Gasteiger partial charge in [0.1, 0.15) is 6.33 Å². The lowest BCUT2D eigenvalue weighted by molar-refractivity contribution is 0.101. The molecule has 2 heterocycles. The van der Waals surface area contributed by atoms with Crippen molar-refractivity contribution in [3.63, 3.8) is 0 Å². The van der Waals surface area contributed by atoms with Crippen molar-refractivity contribution in [2.24, 2.45) is 0 Å². The zero-order valence-electron chi connectivity index (χ0n) is 11.4. The van der Waals surface area contributed by atoms with E-state index >= 15 is 0 Å². The number of aromatic nitrogens is 2. The van der Waals surface area contributed by atoms with Crippen LogP contribution in [0.3, 0.4) is 0 Å². The number of benzene rings is 1. The summed E-state index contributed by atoms with van der Waals surface area (Å²) in [6, 6.07) is 5.97. The third kappa shape index (κ3) is 2.45. The highest BCUT2D eigenvalue weighted by Crippen LogP contribution is 2.26. The Balaban J connectivity index is 1.90. The first-order chi connectivity index (χ1) is 9.98. The lowest BCUT2D eigenvalue weighted by Crippen LogP contribution is -2.25. The number of ketones is 1. The number of hydrogen-bond acceptors (Lipinski definition) is 5. The molecule has 0 unspecified atom stereocenters. The van der Waals surface area contributed by atoms with Gasteiger partial charge in [-0.25, -0.2) is 18.4 Å². The van der Waals surface area contributed by atoms with Gasteiger partial charge in [0.25, 0.3) is 0 Å². The molecule has 0 saturated carbocycles. The Kier molecular flexibility index (Phi) is 3.30. The number of fused-ring (bicyclic) bond motifs is 1. The number of rotatable bonds is 3.